The summed E-state index contributed by atoms with van der Waals surface area (Å²) in [5, 5.41) is 0. The number of rotatable bonds is 6. The maximum absolute atomic E-state index is 11.1. The molecular weight excluding hydrogens is 188 g/mol. The summed E-state index contributed by atoms with van der Waals surface area (Å²) in [5.74, 6) is -0.103. The molecule has 76 valence electrons. The third kappa shape index (κ3) is 5.66. The van der Waals surface area contributed by atoms with Crippen LogP contribution >= 0.6 is 11.6 Å². The standard InChI is InChI=1S/C9H17ClN2O/c1-4-9(13)12(8-10)7-5-6-11(2)3/h4H,1,5-8H2,2-3H3. The van der Waals surface area contributed by atoms with Crippen molar-refractivity contribution in [3.05, 3.63) is 12.7 Å². The summed E-state index contributed by atoms with van der Waals surface area (Å²) in [5.41, 5.74) is 0. The van der Waals surface area contributed by atoms with E-state index in [0.29, 0.717) is 6.54 Å². The number of hydrogen-bond acceptors (Lipinski definition) is 2. The van der Waals surface area contributed by atoms with Gasteiger partial charge in [0.1, 0.15) is 0 Å². The molecule has 0 rings (SSSR count). The molecule has 0 heterocycles. The third-order valence-electron chi connectivity index (χ3n) is 1.66. The van der Waals surface area contributed by atoms with E-state index in [9.17, 15) is 4.79 Å². The van der Waals surface area contributed by atoms with Crippen LogP contribution < -0.4 is 0 Å². The van der Waals surface area contributed by atoms with Gasteiger partial charge in [0.15, 0.2) is 0 Å². The Balaban J connectivity index is 3.72. The molecule has 13 heavy (non-hydrogen) atoms. The Morgan fingerprint density at radius 3 is 2.46 bits per heavy atom. The Kier molecular flexibility index (Phi) is 6.63. The van der Waals surface area contributed by atoms with E-state index in [0.717, 1.165) is 13.0 Å². The van der Waals surface area contributed by atoms with Crippen LogP contribution in [0.25, 0.3) is 0 Å². The minimum atomic E-state index is -0.103. The first-order valence-electron chi connectivity index (χ1n) is 4.24. The first-order valence-corrected chi connectivity index (χ1v) is 4.77. The SMILES string of the molecule is C=CC(=O)N(CCl)CCCN(C)C. The van der Waals surface area contributed by atoms with Crippen LogP contribution in [0.2, 0.25) is 0 Å². The number of nitrogens with zero attached hydrogens (tertiary/aromatic N) is 2. The van der Waals surface area contributed by atoms with Gasteiger partial charge in [-0.25, -0.2) is 0 Å². The number of hydrogen-bond donors (Lipinski definition) is 0. The number of amides is 1. The van der Waals surface area contributed by atoms with E-state index in [-0.39, 0.29) is 11.9 Å². The van der Waals surface area contributed by atoms with Gasteiger partial charge < -0.3 is 9.80 Å². The first-order chi connectivity index (χ1) is 6.11. The quantitative estimate of drug-likeness (QED) is 0.368. The van der Waals surface area contributed by atoms with Crippen molar-refractivity contribution in [2.24, 2.45) is 0 Å². The molecule has 0 radical (unpaired) electrons. The monoisotopic (exact) mass is 204 g/mol. The van der Waals surface area contributed by atoms with Crippen LogP contribution in [0.15, 0.2) is 12.7 Å². The predicted molar refractivity (Wildman–Crippen MR) is 55.8 cm³/mol. The summed E-state index contributed by atoms with van der Waals surface area (Å²) in [4.78, 5) is 14.8. The minimum Gasteiger partial charge on any atom is -0.325 e. The molecule has 4 heteroatoms. The molecule has 0 saturated carbocycles. The molecular formula is C9H17ClN2O. The average Bonchev–Trinajstić information content (AvgIpc) is 2.11. The number of halogens is 1. The van der Waals surface area contributed by atoms with E-state index in [4.69, 9.17) is 11.6 Å². The van der Waals surface area contributed by atoms with E-state index < -0.39 is 0 Å². The van der Waals surface area contributed by atoms with Crippen molar-refractivity contribution in [1.82, 2.24) is 9.80 Å². The Hall–Kier alpha value is -0.540. The van der Waals surface area contributed by atoms with E-state index in [1.165, 1.54) is 6.08 Å². The Labute approximate surface area is 85.0 Å². The van der Waals surface area contributed by atoms with Gasteiger partial charge in [0.05, 0.1) is 6.00 Å². The molecule has 0 aliphatic heterocycles. The Morgan fingerprint density at radius 1 is 1.46 bits per heavy atom. The van der Waals surface area contributed by atoms with Crippen LogP contribution in [0.4, 0.5) is 0 Å². The molecule has 3 nitrogen and oxygen atoms in total. The van der Waals surface area contributed by atoms with E-state index >= 15 is 0 Å². The smallest absolute Gasteiger partial charge is 0.246 e. The highest BCUT2D eigenvalue weighted by atomic mass is 35.5. The zero-order chi connectivity index (χ0) is 10.3. The van der Waals surface area contributed by atoms with Crippen molar-refractivity contribution in [3.63, 3.8) is 0 Å². The van der Waals surface area contributed by atoms with E-state index in [2.05, 4.69) is 11.5 Å². The molecule has 0 aromatic carbocycles. The van der Waals surface area contributed by atoms with Crippen LogP contribution in [0, 0.1) is 0 Å². The van der Waals surface area contributed by atoms with Crippen LogP contribution in [0.5, 0.6) is 0 Å². The lowest BCUT2D eigenvalue weighted by Gasteiger charge is -2.18. The summed E-state index contributed by atoms with van der Waals surface area (Å²) in [6.45, 7) is 5.06. The molecule has 0 aromatic rings. The molecule has 0 fully saturated rings. The summed E-state index contributed by atoms with van der Waals surface area (Å²) in [6, 6.07) is 0.234. The molecule has 0 bridgehead atoms. The second-order valence-corrected chi connectivity index (χ2v) is 3.32. The van der Waals surface area contributed by atoms with Gasteiger partial charge in [-0.05, 0) is 33.1 Å². The second kappa shape index (κ2) is 6.92. The summed E-state index contributed by atoms with van der Waals surface area (Å²) < 4.78 is 0. The molecule has 0 unspecified atom stereocenters. The van der Waals surface area contributed by atoms with E-state index in [1.807, 2.05) is 14.1 Å². The van der Waals surface area contributed by atoms with Crippen LogP contribution in [0.3, 0.4) is 0 Å². The molecule has 0 aromatic heterocycles. The van der Waals surface area contributed by atoms with E-state index in [1.54, 1.807) is 4.90 Å². The van der Waals surface area contributed by atoms with Gasteiger partial charge in [-0.2, -0.15) is 0 Å². The van der Waals surface area contributed by atoms with Crippen molar-refractivity contribution in [1.29, 1.82) is 0 Å². The van der Waals surface area contributed by atoms with Crippen molar-refractivity contribution in [3.8, 4) is 0 Å². The normalized spacial score (nSPS) is 10.2. The lowest BCUT2D eigenvalue weighted by molar-refractivity contribution is -0.125. The topological polar surface area (TPSA) is 23.6 Å². The zero-order valence-electron chi connectivity index (χ0n) is 8.29. The molecule has 0 spiro atoms. The van der Waals surface area contributed by atoms with Crippen molar-refractivity contribution >= 4 is 17.5 Å². The zero-order valence-corrected chi connectivity index (χ0v) is 9.05. The fourth-order valence-electron chi connectivity index (χ4n) is 0.936. The summed E-state index contributed by atoms with van der Waals surface area (Å²) in [7, 11) is 4.00. The van der Waals surface area contributed by atoms with Gasteiger partial charge >= 0.3 is 0 Å². The highest BCUT2D eigenvalue weighted by Gasteiger charge is 2.07. The van der Waals surface area contributed by atoms with Gasteiger partial charge in [0.25, 0.3) is 0 Å². The molecule has 0 atom stereocenters. The van der Waals surface area contributed by atoms with Crippen molar-refractivity contribution in [2.45, 2.75) is 6.42 Å². The Bertz CT molecular complexity index is 171. The second-order valence-electron chi connectivity index (χ2n) is 3.08. The highest BCUT2D eigenvalue weighted by molar-refractivity contribution is 6.18. The van der Waals surface area contributed by atoms with Gasteiger partial charge in [0, 0.05) is 6.54 Å². The van der Waals surface area contributed by atoms with Gasteiger partial charge in [0.2, 0.25) is 5.91 Å². The number of carbonyl (C=O) groups excluding carboxylic acids is 1. The largest absolute Gasteiger partial charge is 0.325 e. The Morgan fingerprint density at radius 2 is 2.08 bits per heavy atom. The highest BCUT2D eigenvalue weighted by Crippen LogP contribution is 1.96. The van der Waals surface area contributed by atoms with Crippen molar-refractivity contribution < 1.29 is 4.79 Å². The molecule has 0 N–H and O–H groups in total. The lowest BCUT2D eigenvalue weighted by Crippen LogP contribution is -2.30. The van der Waals surface area contributed by atoms with Crippen LogP contribution in [-0.2, 0) is 4.79 Å². The average molecular weight is 205 g/mol. The van der Waals surface area contributed by atoms with Crippen molar-refractivity contribution in [2.75, 3.05) is 33.2 Å². The maximum atomic E-state index is 11.1. The first kappa shape index (κ1) is 12.5. The minimum absolute atomic E-state index is 0.103. The molecule has 0 aliphatic carbocycles. The number of carbonyl (C=O) groups is 1. The molecule has 0 aliphatic rings. The number of alkyl halides is 1. The third-order valence-corrected chi connectivity index (χ3v) is 1.95. The summed E-state index contributed by atoms with van der Waals surface area (Å²) >= 11 is 5.60. The van der Waals surface area contributed by atoms with Crippen LogP contribution in [-0.4, -0.2) is 48.9 Å². The van der Waals surface area contributed by atoms with Gasteiger partial charge in [-0.15, -0.1) is 11.6 Å². The predicted octanol–water partition coefficient (Wildman–Crippen LogP) is 1.15. The fraction of sp³-hybridized carbons (Fsp3) is 0.667. The van der Waals surface area contributed by atoms with Gasteiger partial charge in [-0.1, -0.05) is 6.58 Å². The van der Waals surface area contributed by atoms with Gasteiger partial charge in [-0.3, -0.25) is 4.79 Å². The summed E-state index contributed by atoms with van der Waals surface area (Å²) in [6.07, 6.45) is 2.22. The lowest BCUT2D eigenvalue weighted by atomic mass is 10.3. The van der Waals surface area contributed by atoms with Crippen LogP contribution in [0.1, 0.15) is 6.42 Å². The molecule has 0 saturated heterocycles. The maximum Gasteiger partial charge on any atom is 0.246 e. The fourth-order valence-corrected chi connectivity index (χ4v) is 1.17. The molecule has 1 amide bonds.